The van der Waals surface area contributed by atoms with Gasteiger partial charge in [-0.15, -0.1) is 0 Å². The second-order valence-electron chi connectivity index (χ2n) is 6.73. The third-order valence-electron chi connectivity index (χ3n) is 5.06. The molecule has 25 heavy (non-hydrogen) atoms. The predicted molar refractivity (Wildman–Crippen MR) is 93.9 cm³/mol. The van der Waals surface area contributed by atoms with Crippen LogP contribution in [0, 0.1) is 5.92 Å². The molecule has 2 heterocycles. The number of hydrogen-bond donors (Lipinski definition) is 1. The van der Waals surface area contributed by atoms with Gasteiger partial charge in [0.1, 0.15) is 0 Å². The van der Waals surface area contributed by atoms with E-state index in [1.807, 2.05) is 6.92 Å². The molecule has 0 aliphatic carbocycles. The molecule has 6 nitrogen and oxygen atoms in total. The van der Waals surface area contributed by atoms with Crippen molar-refractivity contribution in [3.8, 4) is 0 Å². The van der Waals surface area contributed by atoms with E-state index in [9.17, 15) is 19.5 Å². The Kier molecular flexibility index (Phi) is 4.99. The molecule has 1 aromatic rings. The molecule has 2 aliphatic rings. The number of carbonyl (C=O) groups excluding carboxylic acids is 2. The van der Waals surface area contributed by atoms with Crippen LogP contribution in [0.5, 0.6) is 0 Å². The molecule has 3 rings (SSSR count). The topological polar surface area (TPSA) is 77.9 Å². The molecule has 134 valence electrons. The van der Waals surface area contributed by atoms with Crippen LogP contribution in [0.2, 0.25) is 5.02 Å². The standard InChI is InChI=1S/C18H21ClN2O4/c1-11-4-5-12(18(24)25)10-21(11)17(23)14-9-13(6-7-15(14)19)20-8-2-3-16(20)22/h6-7,9,11-12H,2-5,8,10H2,1H3,(H,24,25). The van der Waals surface area contributed by atoms with Crippen LogP contribution in [0.4, 0.5) is 5.69 Å². The molecule has 1 N–H and O–H groups in total. The smallest absolute Gasteiger partial charge is 0.308 e. The van der Waals surface area contributed by atoms with Gasteiger partial charge in [-0.25, -0.2) is 0 Å². The maximum Gasteiger partial charge on any atom is 0.308 e. The largest absolute Gasteiger partial charge is 0.481 e. The van der Waals surface area contributed by atoms with Crippen LogP contribution in [-0.2, 0) is 9.59 Å². The van der Waals surface area contributed by atoms with E-state index in [0.29, 0.717) is 42.1 Å². The van der Waals surface area contributed by atoms with Crippen molar-refractivity contribution in [3.05, 3.63) is 28.8 Å². The summed E-state index contributed by atoms with van der Waals surface area (Å²) in [7, 11) is 0. The summed E-state index contributed by atoms with van der Waals surface area (Å²) in [5.74, 6) is -1.68. The number of hydrogen-bond acceptors (Lipinski definition) is 3. The quantitative estimate of drug-likeness (QED) is 0.894. The van der Waals surface area contributed by atoms with Gasteiger partial charge in [0.15, 0.2) is 0 Å². The Morgan fingerprint density at radius 1 is 1.28 bits per heavy atom. The van der Waals surface area contributed by atoms with Gasteiger partial charge in [0.2, 0.25) is 5.91 Å². The zero-order valence-electron chi connectivity index (χ0n) is 14.1. The molecule has 0 saturated carbocycles. The molecule has 2 unspecified atom stereocenters. The summed E-state index contributed by atoms with van der Waals surface area (Å²) < 4.78 is 0. The van der Waals surface area contributed by atoms with Gasteiger partial charge in [-0.2, -0.15) is 0 Å². The van der Waals surface area contributed by atoms with Gasteiger partial charge in [-0.1, -0.05) is 11.6 Å². The van der Waals surface area contributed by atoms with Crippen molar-refractivity contribution < 1.29 is 19.5 Å². The van der Waals surface area contributed by atoms with E-state index in [0.717, 1.165) is 6.42 Å². The number of carbonyl (C=O) groups is 3. The van der Waals surface area contributed by atoms with E-state index in [1.165, 1.54) is 0 Å². The fourth-order valence-corrected chi connectivity index (χ4v) is 3.71. The zero-order chi connectivity index (χ0) is 18.1. The Morgan fingerprint density at radius 3 is 2.68 bits per heavy atom. The van der Waals surface area contributed by atoms with E-state index >= 15 is 0 Å². The van der Waals surface area contributed by atoms with Gasteiger partial charge in [0, 0.05) is 31.2 Å². The average molecular weight is 365 g/mol. The minimum absolute atomic E-state index is 0.0398. The van der Waals surface area contributed by atoms with Crippen molar-refractivity contribution in [2.45, 2.75) is 38.6 Å². The Bertz CT molecular complexity index is 721. The maximum absolute atomic E-state index is 13.0. The lowest BCUT2D eigenvalue weighted by Gasteiger charge is -2.36. The van der Waals surface area contributed by atoms with Gasteiger partial charge in [-0.05, 0) is 44.4 Å². The first-order chi connectivity index (χ1) is 11.9. The number of carboxylic acids is 1. The van der Waals surface area contributed by atoms with Crippen molar-refractivity contribution in [1.82, 2.24) is 4.90 Å². The molecule has 2 saturated heterocycles. The molecule has 7 heteroatoms. The Hall–Kier alpha value is -2.08. The summed E-state index contributed by atoms with van der Waals surface area (Å²) >= 11 is 6.23. The first-order valence-electron chi connectivity index (χ1n) is 8.52. The van der Waals surface area contributed by atoms with Crippen molar-refractivity contribution in [2.75, 3.05) is 18.0 Å². The van der Waals surface area contributed by atoms with Crippen LogP contribution in [0.1, 0.15) is 43.0 Å². The summed E-state index contributed by atoms with van der Waals surface area (Å²) in [4.78, 5) is 39.5. The number of nitrogens with zero attached hydrogens (tertiary/aromatic N) is 2. The highest BCUT2D eigenvalue weighted by Crippen LogP contribution is 2.30. The van der Waals surface area contributed by atoms with Gasteiger partial charge >= 0.3 is 5.97 Å². The van der Waals surface area contributed by atoms with Gasteiger partial charge < -0.3 is 14.9 Å². The highest BCUT2D eigenvalue weighted by Gasteiger charge is 2.34. The van der Waals surface area contributed by atoms with Crippen LogP contribution >= 0.6 is 11.6 Å². The molecule has 2 fully saturated rings. The number of amides is 2. The van der Waals surface area contributed by atoms with Crippen molar-refractivity contribution >= 4 is 35.1 Å². The summed E-state index contributed by atoms with van der Waals surface area (Å²) in [6.45, 7) is 2.73. The lowest BCUT2D eigenvalue weighted by molar-refractivity contribution is -0.143. The van der Waals surface area contributed by atoms with Crippen LogP contribution in [0.25, 0.3) is 0 Å². The second kappa shape index (κ2) is 7.04. The lowest BCUT2D eigenvalue weighted by Crippen LogP contribution is -2.47. The van der Waals surface area contributed by atoms with E-state index in [1.54, 1.807) is 28.0 Å². The Morgan fingerprint density at radius 2 is 2.04 bits per heavy atom. The number of likely N-dealkylation sites (tertiary alicyclic amines) is 1. The third kappa shape index (κ3) is 3.49. The van der Waals surface area contributed by atoms with Crippen LogP contribution in [0.15, 0.2) is 18.2 Å². The molecule has 2 atom stereocenters. The number of benzene rings is 1. The molecule has 2 amide bonds. The number of anilines is 1. The first kappa shape index (κ1) is 17.7. The third-order valence-corrected chi connectivity index (χ3v) is 5.39. The van der Waals surface area contributed by atoms with Gasteiger partial charge in [-0.3, -0.25) is 14.4 Å². The maximum atomic E-state index is 13.0. The zero-order valence-corrected chi connectivity index (χ0v) is 14.8. The average Bonchev–Trinajstić information content (AvgIpc) is 3.01. The fraction of sp³-hybridized carbons (Fsp3) is 0.500. The van der Waals surface area contributed by atoms with Crippen molar-refractivity contribution in [2.24, 2.45) is 5.92 Å². The fourth-order valence-electron chi connectivity index (χ4n) is 3.51. The monoisotopic (exact) mass is 364 g/mol. The highest BCUT2D eigenvalue weighted by atomic mass is 35.5. The predicted octanol–water partition coefficient (Wildman–Crippen LogP) is 2.79. The van der Waals surface area contributed by atoms with Gasteiger partial charge in [0.05, 0.1) is 16.5 Å². The minimum atomic E-state index is -0.882. The molecule has 0 aromatic heterocycles. The molecular weight excluding hydrogens is 344 g/mol. The normalized spacial score (nSPS) is 23.8. The van der Waals surface area contributed by atoms with Gasteiger partial charge in [0.25, 0.3) is 5.91 Å². The molecule has 0 radical (unpaired) electrons. The first-order valence-corrected chi connectivity index (χ1v) is 8.90. The molecule has 2 aliphatic heterocycles. The van der Waals surface area contributed by atoms with E-state index in [-0.39, 0.29) is 24.4 Å². The highest BCUT2D eigenvalue weighted by molar-refractivity contribution is 6.34. The summed E-state index contributed by atoms with van der Waals surface area (Å²) in [5.41, 5.74) is 0.978. The Balaban J connectivity index is 1.88. The molecule has 0 spiro atoms. The SMILES string of the molecule is CC1CCC(C(=O)O)CN1C(=O)c1cc(N2CCCC2=O)ccc1Cl. The molecule has 1 aromatic carbocycles. The van der Waals surface area contributed by atoms with E-state index in [4.69, 9.17) is 11.6 Å². The summed E-state index contributed by atoms with van der Waals surface area (Å²) in [5, 5.41) is 9.57. The minimum Gasteiger partial charge on any atom is -0.481 e. The van der Waals surface area contributed by atoms with Crippen LogP contribution in [0.3, 0.4) is 0 Å². The van der Waals surface area contributed by atoms with E-state index in [2.05, 4.69) is 0 Å². The number of piperidine rings is 1. The summed E-state index contributed by atoms with van der Waals surface area (Å²) in [6, 6.07) is 4.96. The number of rotatable bonds is 3. The van der Waals surface area contributed by atoms with Crippen LogP contribution in [-0.4, -0.2) is 46.9 Å². The second-order valence-corrected chi connectivity index (χ2v) is 7.14. The van der Waals surface area contributed by atoms with E-state index < -0.39 is 11.9 Å². The molecular formula is C18H21ClN2O4. The van der Waals surface area contributed by atoms with Crippen molar-refractivity contribution in [3.63, 3.8) is 0 Å². The lowest BCUT2D eigenvalue weighted by atomic mass is 9.93. The number of halogens is 1. The van der Waals surface area contributed by atoms with Crippen LogP contribution < -0.4 is 4.90 Å². The number of carboxylic acid groups (broad SMARTS) is 1. The molecule has 0 bridgehead atoms. The summed E-state index contributed by atoms with van der Waals surface area (Å²) in [6.07, 6.45) is 2.52. The number of aliphatic carboxylic acids is 1. The van der Waals surface area contributed by atoms with Crippen molar-refractivity contribution in [1.29, 1.82) is 0 Å². The Labute approximate surface area is 151 Å².